The lowest BCUT2D eigenvalue weighted by atomic mass is 10.1. The van der Waals surface area contributed by atoms with E-state index >= 15 is 0 Å². The summed E-state index contributed by atoms with van der Waals surface area (Å²) in [6.07, 6.45) is 1.52. The van der Waals surface area contributed by atoms with Gasteiger partial charge in [-0.1, -0.05) is 13.3 Å². The summed E-state index contributed by atoms with van der Waals surface area (Å²) in [6, 6.07) is 4.63. The molecule has 4 N–H and O–H groups in total. The van der Waals surface area contributed by atoms with E-state index in [0.717, 1.165) is 12.0 Å². The van der Waals surface area contributed by atoms with Gasteiger partial charge in [-0.2, -0.15) is 0 Å². The first kappa shape index (κ1) is 15.2. The van der Waals surface area contributed by atoms with E-state index in [1.807, 2.05) is 13.8 Å². The van der Waals surface area contributed by atoms with E-state index in [9.17, 15) is 9.59 Å². The average Bonchev–Trinajstić information content (AvgIpc) is 2.40. The first-order valence-corrected chi connectivity index (χ1v) is 6.38. The number of carbonyl (C=O) groups excluding carboxylic acids is 2. The summed E-state index contributed by atoms with van der Waals surface area (Å²) in [6.45, 7) is 3.82. The zero-order valence-corrected chi connectivity index (χ0v) is 11.6. The molecule has 0 unspecified atom stereocenters. The van der Waals surface area contributed by atoms with Gasteiger partial charge in [0.2, 0.25) is 5.91 Å². The van der Waals surface area contributed by atoms with Crippen molar-refractivity contribution in [1.82, 2.24) is 5.32 Å². The van der Waals surface area contributed by atoms with Crippen molar-refractivity contribution in [3.05, 3.63) is 29.3 Å². The minimum absolute atomic E-state index is 0.149. The van der Waals surface area contributed by atoms with Crippen molar-refractivity contribution >= 4 is 17.5 Å². The maximum absolute atomic E-state index is 11.8. The number of carbonyl (C=O) groups is 2. The van der Waals surface area contributed by atoms with E-state index in [1.54, 1.807) is 25.2 Å². The van der Waals surface area contributed by atoms with Crippen molar-refractivity contribution in [1.29, 1.82) is 0 Å². The second-order valence-corrected chi connectivity index (χ2v) is 4.49. The van der Waals surface area contributed by atoms with Gasteiger partial charge in [-0.25, -0.2) is 0 Å². The lowest BCUT2D eigenvalue weighted by Crippen LogP contribution is -2.35. The van der Waals surface area contributed by atoms with Gasteiger partial charge < -0.3 is 16.4 Å². The molecule has 0 aromatic heterocycles. The zero-order chi connectivity index (χ0) is 14.4. The summed E-state index contributed by atoms with van der Waals surface area (Å²) < 4.78 is 0. The fourth-order valence-corrected chi connectivity index (χ4v) is 1.76. The number of anilines is 1. The van der Waals surface area contributed by atoms with Crippen molar-refractivity contribution in [3.63, 3.8) is 0 Å². The molecule has 0 aliphatic rings. The van der Waals surface area contributed by atoms with Gasteiger partial charge >= 0.3 is 0 Å². The Labute approximate surface area is 113 Å². The van der Waals surface area contributed by atoms with Gasteiger partial charge in [-0.05, 0) is 37.1 Å². The highest BCUT2D eigenvalue weighted by atomic mass is 16.2. The highest BCUT2D eigenvalue weighted by Crippen LogP contribution is 2.17. The number of nitrogens with one attached hydrogen (secondary N) is 2. The maximum Gasteiger partial charge on any atom is 0.251 e. The lowest BCUT2D eigenvalue weighted by molar-refractivity contribution is -0.117. The van der Waals surface area contributed by atoms with Crippen molar-refractivity contribution in [2.45, 2.75) is 32.7 Å². The molecule has 0 aliphatic heterocycles. The van der Waals surface area contributed by atoms with E-state index < -0.39 is 6.04 Å². The smallest absolute Gasteiger partial charge is 0.251 e. The number of benzene rings is 1. The molecular weight excluding hydrogens is 242 g/mol. The van der Waals surface area contributed by atoms with Gasteiger partial charge in [0.15, 0.2) is 0 Å². The van der Waals surface area contributed by atoms with Crippen LogP contribution in [0.2, 0.25) is 0 Å². The van der Waals surface area contributed by atoms with Gasteiger partial charge in [0, 0.05) is 18.3 Å². The molecule has 0 saturated heterocycles. The van der Waals surface area contributed by atoms with Crippen LogP contribution in [0.4, 0.5) is 5.69 Å². The van der Waals surface area contributed by atoms with Crippen molar-refractivity contribution in [3.8, 4) is 0 Å². The van der Waals surface area contributed by atoms with Crippen molar-refractivity contribution in [2.24, 2.45) is 5.73 Å². The number of rotatable bonds is 5. The summed E-state index contributed by atoms with van der Waals surface area (Å²) in [5.41, 5.74) is 7.83. The molecule has 0 spiro atoms. The SMILES string of the molecule is CCC[C@@H](N)C(=O)Nc1ccc(C(=O)NC)cc1C. The van der Waals surface area contributed by atoms with Crippen LogP contribution < -0.4 is 16.4 Å². The van der Waals surface area contributed by atoms with Crippen LogP contribution in [0.3, 0.4) is 0 Å². The minimum atomic E-state index is -0.497. The number of aryl methyl sites for hydroxylation is 1. The Kier molecular flexibility index (Phi) is 5.51. The highest BCUT2D eigenvalue weighted by molar-refractivity contribution is 5.97. The average molecular weight is 263 g/mol. The molecular formula is C14H21N3O2. The Morgan fingerprint density at radius 1 is 1.37 bits per heavy atom. The summed E-state index contributed by atoms with van der Waals surface area (Å²) in [7, 11) is 1.58. The van der Waals surface area contributed by atoms with Crippen molar-refractivity contribution in [2.75, 3.05) is 12.4 Å². The molecule has 1 atom stereocenters. The standard InChI is InChI=1S/C14H21N3O2/c1-4-5-11(15)14(19)17-12-7-6-10(8-9(12)2)13(18)16-3/h6-8,11H,4-5,15H2,1-3H3,(H,16,18)(H,17,19)/t11-/m1/s1. The Morgan fingerprint density at radius 2 is 2.05 bits per heavy atom. The van der Waals surface area contributed by atoms with Gasteiger partial charge in [0.05, 0.1) is 6.04 Å². The van der Waals surface area contributed by atoms with Gasteiger partial charge in [0.1, 0.15) is 0 Å². The highest BCUT2D eigenvalue weighted by Gasteiger charge is 2.14. The van der Waals surface area contributed by atoms with Gasteiger partial charge in [0.25, 0.3) is 5.91 Å². The van der Waals surface area contributed by atoms with Crippen LogP contribution in [0, 0.1) is 6.92 Å². The summed E-state index contributed by atoms with van der Waals surface area (Å²) in [5.74, 6) is -0.346. The topological polar surface area (TPSA) is 84.2 Å². The molecule has 2 amide bonds. The van der Waals surface area contributed by atoms with Crippen LogP contribution >= 0.6 is 0 Å². The molecule has 1 aromatic rings. The molecule has 104 valence electrons. The maximum atomic E-state index is 11.8. The monoisotopic (exact) mass is 263 g/mol. The van der Waals surface area contributed by atoms with E-state index in [1.165, 1.54) is 0 Å². The van der Waals surface area contributed by atoms with Gasteiger partial charge in [-0.15, -0.1) is 0 Å². The quantitative estimate of drug-likeness (QED) is 0.751. The number of amides is 2. The van der Waals surface area contributed by atoms with Crippen LogP contribution in [0.15, 0.2) is 18.2 Å². The van der Waals surface area contributed by atoms with Crippen LogP contribution in [0.25, 0.3) is 0 Å². The van der Waals surface area contributed by atoms with Crippen LogP contribution in [-0.4, -0.2) is 24.9 Å². The second kappa shape index (κ2) is 6.89. The second-order valence-electron chi connectivity index (χ2n) is 4.49. The lowest BCUT2D eigenvalue weighted by Gasteiger charge is -2.13. The Hall–Kier alpha value is -1.88. The molecule has 0 radical (unpaired) electrons. The molecule has 0 saturated carbocycles. The van der Waals surface area contributed by atoms with E-state index in [2.05, 4.69) is 10.6 Å². The predicted octanol–water partition coefficient (Wildman–Crippen LogP) is 1.42. The Morgan fingerprint density at radius 3 is 2.58 bits per heavy atom. The van der Waals surface area contributed by atoms with Crippen LogP contribution in [-0.2, 0) is 4.79 Å². The molecule has 0 aliphatic carbocycles. The van der Waals surface area contributed by atoms with E-state index in [4.69, 9.17) is 5.73 Å². The molecule has 5 heteroatoms. The normalized spacial score (nSPS) is 11.8. The number of hydrogen-bond donors (Lipinski definition) is 3. The fraction of sp³-hybridized carbons (Fsp3) is 0.429. The largest absolute Gasteiger partial charge is 0.355 e. The fourth-order valence-electron chi connectivity index (χ4n) is 1.76. The third kappa shape index (κ3) is 4.06. The molecule has 1 aromatic carbocycles. The number of nitrogens with two attached hydrogens (primary N) is 1. The molecule has 19 heavy (non-hydrogen) atoms. The molecule has 5 nitrogen and oxygen atoms in total. The third-order valence-electron chi connectivity index (χ3n) is 2.91. The molecule has 1 rings (SSSR count). The van der Waals surface area contributed by atoms with Crippen LogP contribution in [0.1, 0.15) is 35.7 Å². The van der Waals surface area contributed by atoms with Crippen LogP contribution in [0.5, 0.6) is 0 Å². The first-order chi connectivity index (χ1) is 8.99. The zero-order valence-electron chi connectivity index (χ0n) is 11.6. The summed E-state index contributed by atoms with van der Waals surface area (Å²) in [4.78, 5) is 23.3. The van der Waals surface area contributed by atoms with E-state index in [-0.39, 0.29) is 11.8 Å². The predicted molar refractivity (Wildman–Crippen MR) is 76.1 cm³/mol. The molecule has 0 bridgehead atoms. The Balaban J connectivity index is 2.80. The summed E-state index contributed by atoms with van der Waals surface area (Å²) in [5, 5.41) is 5.34. The number of hydrogen-bond acceptors (Lipinski definition) is 3. The van der Waals surface area contributed by atoms with Gasteiger partial charge in [-0.3, -0.25) is 9.59 Å². The first-order valence-electron chi connectivity index (χ1n) is 6.38. The molecule has 0 heterocycles. The molecule has 0 fully saturated rings. The van der Waals surface area contributed by atoms with E-state index in [0.29, 0.717) is 17.7 Å². The van der Waals surface area contributed by atoms with Crippen molar-refractivity contribution < 1.29 is 9.59 Å². The Bertz CT molecular complexity index is 472. The third-order valence-corrected chi connectivity index (χ3v) is 2.91. The minimum Gasteiger partial charge on any atom is -0.355 e. The summed E-state index contributed by atoms with van der Waals surface area (Å²) >= 11 is 0.